The van der Waals surface area contributed by atoms with Crippen molar-refractivity contribution in [1.82, 2.24) is 19.7 Å². The molecule has 0 aliphatic carbocycles. The minimum absolute atomic E-state index is 0.0652. The summed E-state index contributed by atoms with van der Waals surface area (Å²) in [7, 11) is 0. The molecule has 7 nitrogen and oxygen atoms in total. The molecule has 2 aromatic carbocycles. The fourth-order valence-corrected chi connectivity index (χ4v) is 3.65. The van der Waals surface area contributed by atoms with Crippen LogP contribution in [0.2, 0.25) is 0 Å². The molecular weight excluding hydrogens is 386 g/mol. The van der Waals surface area contributed by atoms with Gasteiger partial charge in [-0.2, -0.15) is 5.26 Å². The molecule has 0 spiro atoms. The first kappa shape index (κ1) is 18.9. The van der Waals surface area contributed by atoms with Crippen LogP contribution in [0.25, 0.3) is 22.4 Å². The summed E-state index contributed by atoms with van der Waals surface area (Å²) in [6.45, 7) is 4.01. The second kappa shape index (κ2) is 7.89. The summed E-state index contributed by atoms with van der Waals surface area (Å²) in [6.07, 6.45) is 0. The predicted octanol–water partition coefficient (Wildman–Crippen LogP) is 3.88. The Morgan fingerprint density at radius 3 is 2.76 bits per heavy atom. The van der Waals surface area contributed by atoms with Crippen LogP contribution in [0.1, 0.15) is 17.0 Å². The fourth-order valence-electron chi connectivity index (χ4n) is 2.94. The Kier molecular flexibility index (Phi) is 5.14. The number of hydrogen-bond donors (Lipinski definition) is 0. The molecule has 8 heteroatoms. The highest BCUT2D eigenvalue weighted by atomic mass is 32.2. The van der Waals surface area contributed by atoms with E-state index in [1.807, 2.05) is 44.2 Å². The van der Waals surface area contributed by atoms with E-state index in [-0.39, 0.29) is 12.1 Å². The minimum Gasteiger partial charge on any atom is -0.411 e. The number of hydrogen-bond acceptors (Lipinski definition) is 7. The molecule has 0 bridgehead atoms. The van der Waals surface area contributed by atoms with E-state index in [4.69, 9.17) is 9.68 Å². The third kappa shape index (κ3) is 3.77. The van der Waals surface area contributed by atoms with Gasteiger partial charge in [0.25, 0.3) is 10.8 Å². The van der Waals surface area contributed by atoms with Gasteiger partial charge in [0.1, 0.15) is 12.4 Å². The fraction of sp³-hybridized carbons (Fsp3) is 0.190. The van der Waals surface area contributed by atoms with E-state index in [1.165, 1.54) is 21.9 Å². The van der Waals surface area contributed by atoms with Crippen LogP contribution in [0.15, 0.2) is 56.9 Å². The molecule has 0 N–H and O–H groups in total. The molecule has 0 amide bonds. The maximum Gasteiger partial charge on any atom is 0.277 e. The van der Waals surface area contributed by atoms with Gasteiger partial charge >= 0.3 is 0 Å². The molecule has 29 heavy (non-hydrogen) atoms. The zero-order valence-corrected chi connectivity index (χ0v) is 16.7. The van der Waals surface area contributed by atoms with Crippen molar-refractivity contribution in [1.29, 1.82) is 5.26 Å². The van der Waals surface area contributed by atoms with Gasteiger partial charge in [0.2, 0.25) is 5.89 Å². The van der Waals surface area contributed by atoms with Crippen molar-refractivity contribution in [2.75, 3.05) is 0 Å². The van der Waals surface area contributed by atoms with E-state index < -0.39 is 0 Å². The molecule has 0 fully saturated rings. The Morgan fingerprint density at radius 1 is 1.14 bits per heavy atom. The van der Waals surface area contributed by atoms with Gasteiger partial charge in [-0.05, 0) is 49.2 Å². The number of rotatable bonds is 5. The molecular formula is C21H17N5O2S. The first-order chi connectivity index (χ1) is 14.1. The molecule has 2 aromatic heterocycles. The lowest BCUT2D eigenvalue weighted by Gasteiger charge is -2.09. The summed E-state index contributed by atoms with van der Waals surface area (Å²) >= 11 is 1.28. The van der Waals surface area contributed by atoms with Crippen LogP contribution in [0.3, 0.4) is 0 Å². The average molecular weight is 403 g/mol. The van der Waals surface area contributed by atoms with Crippen molar-refractivity contribution in [2.45, 2.75) is 31.4 Å². The van der Waals surface area contributed by atoms with Crippen molar-refractivity contribution in [3.05, 3.63) is 69.8 Å². The number of fused-ring (bicyclic) bond motifs is 1. The molecule has 4 aromatic rings. The lowest BCUT2D eigenvalue weighted by Crippen LogP contribution is -2.24. The predicted molar refractivity (Wildman–Crippen MR) is 110 cm³/mol. The second-order valence-electron chi connectivity index (χ2n) is 6.56. The number of para-hydroxylation sites is 1. The zero-order chi connectivity index (χ0) is 20.4. The number of benzene rings is 2. The zero-order valence-electron chi connectivity index (χ0n) is 15.9. The van der Waals surface area contributed by atoms with Crippen LogP contribution in [0.5, 0.6) is 0 Å². The first-order valence-corrected chi connectivity index (χ1v) is 9.94. The molecule has 2 heterocycles. The Morgan fingerprint density at radius 2 is 1.97 bits per heavy atom. The van der Waals surface area contributed by atoms with Crippen LogP contribution >= 0.6 is 11.8 Å². The van der Waals surface area contributed by atoms with Crippen LogP contribution in [-0.4, -0.2) is 19.7 Å². The third-order valence-corrected chi connectivity index (χ3v) is 5.47. The van der Waals surface area contributed by atoms with E-state index in [1.54, 1.807) is 18.2 Å². The normalized spacial score (nSPS) is 10.9. The monoisotopic (exact) mass is 403 g/mol. The summed E-state index contributed by atoms with van der Waals surface area (Å²) in [5.41, 5.74) is 3.58. The van der Waals surface area contributed by atoms with Crippen molar-refractivity contribution in [2.24, 2.45) is 0 Å². The quantitative estimate of drug-likeness (QED) is 0.466. The van der Waals surface area contributed by atoms with Crippen LogP contribution in [-0.2, 0) is 12.3 Å². The Hall–Kier alpha value is -3.44. The number of nitriles is 1. The number of aryl methyl sites for hydroxylation is 2. The van der Waals surface area contributed by atoms with Gasteiger partial charge < -0.3 is 4.42 Å². The summed E-state index contributed by atoms with van der Waals surface area (Å²) in [6, 6.07) is 15.1. The Labute approximate surface area is 171 Å². The topological polar surface area (TPSA) is 97.6 Å². The third-order valence-electron chi connectivity index (χ3n) is 4.65. The second-order valence-corrected chi connectivity index (χ2v) is 7.48. The van der Waals surface area contributed by atoms with Crippen molar-refractivity contribution in [3.63, 3.8) is 0 Å². The minimum atomic E-state index is -0.228. The van der Waals surface area contributed by atoms with E-state index in [2.05, 4.69) is 15.2 Å². The highest BCUT2D eigenvalue weighted by molar-refractivity contribution is 7.98. The number of thioether (sulfide) groups is 1. The van der Waals surface area contributed by atoms with E-state index in [0.29, 0.717) is 33.6 Å². The molecule has 0 radical (unpaired) electrons. The molecule has 144 valence electrons. The lowest BCUT2D eigenvalue weighted by molar-refractivity contribution is 0.465. The maximum absolute atomic E-state index is 12.7. The van der Waals surface area contributed by atoms with Gasteiger partial charge in [0.15, 0.2) is 0 Å². The molecule has 0 saturated carbocycles. The average Bonchev–Trinajstić information content (AvgIpc) is 3.20. The van der Waals surface area contributed by atoms with Crippen molar-refractivity contribution >= 4 is 22.7 Å². The summed E-state index contributed by atoms with van der Waals surface area (Å²) in [4.78, 5) is 17.3. The van der Waals surface area contributed by atoms with Gasteiger partial charge in [-0.3, -0.25) is 9.36 Å². The Bertz CT molecular complexity index is 1300. The number of nitrogens with zero attached hydrogens (tertiary/aromatic N) is 5. The molecule has 0 aliphatic heterocycles. The molecule has 4 rings (SSSR count). The smallest absolute Gasteiger partial charge is 0.277 e. The molecule has 0 saturated heterocycles. The largest absolute Gasteiger partial charge is 0.411 e. The standard InChI is InChI=1S/C21H17N5O2S/c1-13-7-8-15(11-14(13)2)19-24-25-21(28-19)29-12-18-23-17-6-4-3-5-16(17)20(27)26(18)10-9-22/h3-8,11H,10,12H2,1-2H3. The van der Waals surface area contributed by atoms with Crippen molar-refractivity contribution < 1.29 is 4.42 Å². The lowest BCUT2D eigenvalue weighted by atomic mass is 10.1. The van der Waals surface area contributed by atoms with Crippen molar-refractivity contribution in [3.8, 4) is 17.5 Å². The highest BCUT2D eigenvalue weighted by Crippen LogP contribution is 2.26. The first-order valence-electron chi connectivity index (χ1n) is 8.96. The SMILES string of the molecule is Cc1ccc(-c2nnc(SCc3nc4ccccc4c(=O)n3CC#N)o2)cc1C. The van der Waals surface area contributed by atoms with E-state index in [0.717, 1.165) is 11.1 Å². The molecule has 0 unspecified atom stereocenters. The summed E-state index contributed by atoms with van der Waals surface area (Å²) in [5.74, 6) is 1.26. The highest BCUT2D eigenvalue weighted by Gasteiger charge is 2.14. The molecule has 0 aliphatic rings. The Balaban J connectivity index is 1.61. The van der Waals surface area contributed by atoms with Crippen LogP contribution in [0.4, 0.5) is 0 Å². The van der Waals surface area contributed by atoms with Gasteiger partial charge in [-0.15, -0.1) is 10.2 Å². The summed E-state index contributed by atoms with van der Waals surface area (Å²) < 4.78 is 7.15. The maximum atomic E-state index is 12.7. The summed E-state index contributed by atoms with van der Waals surface area (Å²) in [5, 5.41) is 18.2. The van der Waals surface area contributed by atoms with Gasteiger partial charge in [-0.25, -0.2) is 4.98 Å². The van der Waals surface area contributed by atoms with Gasteiger partial charge in [-0.1, -0.05) is 30.0 Å². The number of aromatic nitrogens is 4. The molecule has 0 atom stereocenters. The van der Waals surface area contributed by atoms with E-state index >= 15 is 0 Å². The van der Waals surface area contributed by atoms with E-state index in [9.17, 15) is 4.79 Å². The van der Waals surface area contributed by atoms with Gasteiger partial charge in [0, 0.05) is 5.56 Å². The van der Waals surface area contributed by atoms with Gasteiger partial charge in [0.05, 0.1) is 22.7 Å². The van der Waals surface area contributed by atoms with Crippen LogP contribution in [0, 0.1) is 25.2 Å². The van der Waals surface area contributed by atoms with Crippen LogP contribution < -0.4 is 5.56 Å².